The number of carboxylic acid groups (broad SMARTS) is 1. The van der Waals surface area contributed by atoms with Gasteiger partial charge in [-0.3, -0.25) is 4.40 Å². The van der Waals surface area contributed by atoms with Crippen LogP contribution in [0.4, 0.5) is 0 Å². The molecule has 1 aliphatic rings. The van der Waals surface area contributed by atoms with Gasteiger partial charge >= 0.3 is 5.97 Å². The van der Waals surface area contributed by atoms with Crippen LogP contribution in [-0.2, 0) is 0 Å². The molecule has 0 spiro atoms. The highest BCUT2D eigenvalue weighted by Crippen LogP contribution is 2.35. The lowest BCUT2D eigenvalue weighted by atomic mass is 10.1. The van der Waals surface area contributed by atoms with Gasteiger partial charge in [0.05, 0.1) is 5.69 Å². The Hall–Kier alpha value is -3.09. The number of aromatic nitrogens is 3. The van der Waals surface area contributed by atoms with Crippen LogP contribution >= 0.6 is 0 Å². The van der Waals surface area contributed by atoms with Gasteiger partial charge in [0, 0.05) is 18.0 Å². The molecule has 0 saturated heterocycles. The van der Waals surface area contributed by atoms with E-state index in [4.69, 9.17) is 14.6 Å². The summed E-state index contributed by atoms with van der Waals surface area (Å²) in [5, 5.41) is 9.03. The third kappa shape index (κ3) is 1.78. The predicted molar refractivity (Wildman–Crippen MR) is 71.5 cm³/mol. The molecule has 1 N–H and O–H groups in total. The molecule has 1 aromatic carbocycles. The summed E-state index contributed by atoms with van der Waals surface area (Å²) in [5.41, 5.74) is 1.59. The molecule has 2 aromatic heterocycles. The van der Waals surface area contributed by atoms with Crippen LogP contribution in [0, 0.1) is 0 Å². The predicted octanol–water partition coefficient (Wildman–Crippen LogP) is 1.82. The number of aromatic carboxylic acids is 1. The van der Waals surface area contributed by atoms with E-state index in [0.29, 0.717) is 17.3 Å². The van der Waals surface area contributed by atoms with Crippen LogP contribution in [0.2, 0.25) is 0 Å². The maximum atomic E-state index is 11.0. The highest BCUT2D eigenvalue weighted by atomic mass is 16.7. The van der Waals surface area contributed by atoms with Gasteiger partial charge in [-0.1, -0.05) is 0 Å². The SMILES string of the molecule is O=C(O)c1cn2c(-c3ccc4c(c3)OCO4)ccnc2n1. The van der Waals surface area contributed by atoms with E-state index in [0.717, 1.165) is 11.3 Å². The van der Waals surface area contributed by atoms with Crippen molar-refractivity contribution in [2.45, 2.75) is 0 Å². The smallest absolute Gasteiger partial charge is 0.356 e. The molecule has 3 heterocycles. The molecule has 0 radical (unpaired) electrons. The Labute approximate surface area is 118 Å². The normalized spacial score (nSPS) is 12.8. The fourth-order valence-electron chi connectivity index (χ4n) is 2.29. The topological polar surface area (TPSA) is 86.0 Å². The molecule has 7 nitrogen and oxygen atoms in total. The molecule has 1 aliphatic heterocycles. The number of ether oxygens (including phenoxy) is 2. The van der Waals surface area contributed by atoms with Gasteiger partial charge in [-0.15, -0.1) is 0 Å². The van der Waals surface area contributed by atoms with Gasteiger partial charge in [-0.05, 0) is 24.3 Å². The summed E-state index contributed by atoms with van der Waals surface area (Å²) in [7, 11) is 0. The van der Waals surface area contributed by atoms with Crippen LogP contribution in [0.3, 0.4) is 0 Å². The second kappa shape index (κ2) is 4.20. The van der Waals surface area contributed by atoms with Gasteiger partial charge in [0.15, 0.2) is 17.2 Å². The minimum Gasteiger partial charge on any atom is -0.476 e. The molecule has 3 aromatic rings. The first-order chi connectivity index (χ1) is 10.2. The maximum Gasteiger partial charge on any atom is 0.356 e. The van der Waals surface area contributed by atoms with Crippen molar-refractivity contribution >= 4 is 11.7 Å². The van der Waals surface area contributed by atoms with Crippen LogP contribution in [0.1, 0.15) is 10.5 Å². The number of hydrogen-bond donors (Lipinski definition) is 1. The van der Waals surface area contributed by atoms with Crippen LogP contribution in [0.15, 0.2) is 36.7 Å². The van der Waals surface area contributed by atoms with Crippen molar-refractivity contribution in [2.75, 3.05) is 6.79 Å². The second-order valence-electron chi connectivity index (χ2n) is 4.50. The number of carboxylic acids is 1. The molecule has 7 heteroatoms. The number of imidazole rings is 1. The van der Waals surface area contributed by atoms with Crippen LogP contribution in [0.25, 0.3) is 17.0 Å². The molecule has 21 heavy (non-hydrogen) atoms. The zero-order chi connectivity index (χ0) is 14.4. The molecule has 0 aliphatic carbocycles. The van der Waals surface area contributed by atoms with E-state index in [9.17, 15) is 4.79 Å². The van der Waals surface area contributed by atoms with Crippen molar-refractivity contribution in [2.24, 2.45) is 0 Å². The Morgan fingerprint density at radius 2 is 2.10 bits per heavy atom. The molecule has 0 unspecified atom stereocenters. The lowest BCUT2D eigenvalue weighted by Gasteiger charge is -2.05. The summed E-state index contributed by atoms with van der Waals surface area (Å²) >= 11 is 0. The van der Waals surface area contributed by atoms with Crippen molar-refractivity contribution in [1.82, 2.24) is 14.4 Å². The summed E-state index contributed by atoms with van der Waals surface area (Å²) in [4.78, 5) is 19.1. The highest BCUT2D eigenvalue weighted by molar-refractivity contribution is 5.86. The van der Waals surface area contributed by atoms with Crippen molar-refractivity contribution in [3.05, 3.63) is 42.4 Å². The third-order valence-electron chi connectivity index (χ3n) is 3.26. The largest absolute Gasteiger partial charge is 0.476 e. The van der Waals surface area contributed by atoms with E-state index in [2.05, 4.69) is 9.97 Å². The Morgan fingerprint density at radius 1 is 1.24 bits per heavy atom. The number of benzene rings is 1. The maximum absolute atomic E-state index is 11.0. The fourth-order valence-corrected chi connectivity index (χ4v) is 2.29. The summed E-state index contributed by atoms with van der Waals surface area (Å²) in [6.45, 7) is 0.207. The van der Waals surface area contributed by atoms with Crippen molar-refractivity contribution in [3.8, 4) is 22.8 Å². The highest BCUT2D eigenvalue weighted by Gasteiger charge is 2.16. The van der Waals surface area contributed by atoms with Crippen molar-refractivity contribution in [1.29, 1.82) is 0 Å². The average Bonchev–Trinajstić information content (AvgIpc) is 3.12. The summed E-state index contributed by atoms with van der Waals surface area (Å²) in [6, 6.07) is 7.33. The molecule has 0 fully saturated rings. The van der Waals surface area contributed by atoms with Crippen LogP contribution in [-0.4, -0.2) is 32.2 Å². The van der Waals surface area contributed by atoms with E-state index in [1.54, 1.807) is 16.7 Å². The summed E-state index contributed by atoms with van der Waals surface area (Å²) in [5.74, 6) is 0.608. The first-order valence-corrected chi connectivity index (χ1v) is 6.20. The lowest BCUT2D eigenvalue weighted by Crippen LogP contribution is -1.95. The molecular weight excluding hydrogens is 274 g/mol. The number of rotatable bonds is 2. The zero-order valence-corrected chi connectivity index (χ0v) is 10.7. The fraction of sp³-hybridized carbons (Fsp3) is 0.0714. The van der Waals surface area contributed by atoms with Crippen molar-refractivity contribution < 1.29 is 19.4 Å². The number of nitrogens with zero attached hydrogens (tertiary/aromatic N) is 3. The van der Waals surface area contributed by atoms with Crippen LogP contribution in [0.5, 0.6) is 11.5 Å². The molecule has 0 saturated carbocycles. The number of fused-ring (bicyclic) bond motifs is 2. The van der Waals surface area contributed by atoms with E-state index < -0.39 is 5.97 Å². The molecule has 104 valence electrons. The first kappa shape index (κ1) is 11.7. The van der Waals surface area contributed by atoms with Gasteiger partial charge in [0.25, 0.3) is 0 Å². The van der Waals surface area contributed by atoms with E-state index in [-0.39, 0.29) is 12.5 Å². The van der Waals surface area contributed by atoms with E-state index in [1.807, 2.05) is 18.2 Å². The van der Waals surface area contributed by atoms with Crippen molar-refractivity contribution in [3.63, 3.8) is 0 Å². The van der Waals surface area contributed by atoms with Crippen LogP contribution < -0.4 is 9.47 Å². The average molecular weight is 283 g/mol. The zero-order valence-electron chi connectivity index (χ0n) is 10.7. The Balaban J connectivity index is 1.91. The summed E-state index contributed by atoms with van der Waals surface area (Å²) < 4.78 is 12.3. The Morgan fingerprint density at radius 3 is 2.95 bits per heavy atom. The Kier molecular flexibility index (Phi) is 2.34. The van der Waals surface area contributed by atoms with Gasteiger partial charge in [0.1, 0.15) is 0 Å². The molecule has 0 atom stereocenters. The van der Waals surface area contributed by atoms with Gasteiger partial charge in [-0.2, -0.15) is 0 Å². The molecule has 0 amide bonds. The lowest BCUT2D eigenvalue weighted by molar-refractivity contribution is 0.0691. The second-order valence-corrected chi connectivity index (χ2v) is 4.50. The number of hydrogen-bond acceptors (Lipinski definition) is 5. The number of carbonyl (C=O) groups is 1. The Bertz CT molecular complexity index is 872. The molecular formula is C14H9N3O4. The molecule has 0 bridgehead atoms. The minimum atomic E-state index is -1.09. The first-order valence-electron chi connectivity index (χ1n) is 6.20. The van der Waals surface area contributed by atoms with Gasteiger partial charge < -0.3 is 14.6 Å². The molecule has 4 rings (SSSR count). The minimum absolute atomic E-state index is 0.0457. The van der Waals surface area contributed by atoms with Gasteiger partial charge in [-0.25, -0.2) is 14.8 Å². The summed E-state index contributed by atoms with van der Waals surface area (Å²) in [6.07, 6.45) is 3.04. The van der Waals surface area contributed by atoms with E-state index >= 15 is 0 Å². The third-order valence-corrected chi connectivity index (χ3v) is 3.26. The monoisotopic (exact) mass is 283 g/mol. The quantitative estimate of drug-likeness (QED) is 0.772. The standard InChI is InChI=1S/C14H9N3O4/c18-13(19)9-6-17-10(3-4-15-14(17)16-9)8-1-2-11-12(5-8)21-7-20-11/h1-6H,7H2,(H,18,19). The van der Waals surface area contributed by atoms with E-state index in [1.165, 1.54) is 6.20 Å². The van der Waals surface area contributed by atoms with Gasteiger partial charge in [0.2, 0.25) is 12.6 Å².